The summed E-state index contributed by atoms with van der Waals surface area (Å²) in [6, 6.07) is 3.84. The van der Waals surface area contributed by atoms with Gasteiger partial charge in [-0.1, -0.05) is 0 Å². The number of pyridine rings is 1. The summed E-state index contributed by atoms with van der Waals surface area (Å²) in [6.45, 7) is 4.05. The number of nitrogens with one attached hydrogen (secondary N) is 1. The highest BCUT2D eigenvalue weighted by Gasteiger charge is 2.26. The molecule has 0 radical (unpaired) electrons. The van der Waals surface area contributed by atoms with Gasteiger partial charge in [-0.3, -0.25) is 9.78 Å². The Morgan fingerprint density at radius 2 is 2.30 bits per heavy atom. The van der Waals surface area contributed by atoms with Crippen LogP contribution in [0, 0.1) is 5.41 Å². The van der Waals surface area contributed by atoms with Crippen LogP contribution in [0.2, 0.25) is 0 Å². The second kappa shape index (κ2) is 6.33. The third-order valence-electron chi connectivity index (χ3n) is 2.84. The summed E-state index contributed by atoms with van der Waals surface area (Å²) in [4.78, 5) is 20.5. The van der Waals surface area contributed by atoms with Gasteiger partial charge in [-0.05, 0) is 26.0 Å². The molecule has 2 heterocycles. The first-order chi connectivity index (χ1) is 9.53. The molecule has 0 aromatic carbocycles. The Bertz CT molecular complexity index is 583. The van der Waals surface area contributed by atoms with E-state index in [0.29, 0.717) is 6.54 Å². The maximum absolute atomic E-state index is 11.9. The number of thiazole rings is 1. The van der Waals surface area contributed by atoms with Gasteiger partial charge in [0.15, 0.2) is 0 Å². The molecular formula is C14H16ClN3OS. The fourth-order valence-corrected chi connectivity index (χ4v) is 2.41. The Morgan fingerprint density at radius 1 is 1.50 bits per heavy atom. The van der Waals surface area contributed by atoms with Crippen LogP contribution < -0.4 is 5.32 Å². The van der Waals surface area contributed by atoms with Crippen molar-refractivity contribution >= 4 is 28.8 Å². The molecule has 106 valence electrons. The first-order valence-corrected chi connectivity index (χ1v) is 7.63. The maximum Gasteiger partial charge on any atom is 0.227 e. The van der Waals surface area contributed by atoms with Crippen molar-refractivity contribution in [2.24, 2.45) is 5.41 Å². The highest BCUT2D eigenvalue weighted by molar-refractivity contribution is 7.13. The van der Waals surface area contributed by atoms with Crippen LogP contribution in [0.3, 0.4) is 0 Å². The lowest BCUT2D eigenvalue weighted by atomic mass is 9.95. The van der Waals surface area contributed by atoms with Crippen molar-refractivity contribution in [1.82, 2.24) is 15.3 Å². The van der Waals surface area contributed by atoms with Crippen LogP contribution in [0.25, 0.3) is 10.6 Å². The minimum atomic E-state index is -0.566. The lowest BCUT2D eigenvalue weighted by Gasteiger charge is -2.19. The normalized spacial score (nSPS) is 11.3. The van der Waals surface area contributed by atoms with Crippen molar-refractivity contribution in [2.45, 2.75) is 20.4 Å². The first kappa shape index (κ1) is 14.9. The molecule has 0 unspecified atom stereocenters. The molecule has 1 amide bonds. The van der Waals surface area contributed by atoms with Gasteiger partial charge in [0.05, 0.1) is 17.7 Å². The smallest absolute Gasteiger partial charge is 0.227 e. The average molecular weight is 310 g/mol. The van der Waals surface area contributed by atoms with Gasteiger partial charge in [0.25, 0.3) is 0 Å². The van der Waals surface area contributed by atoms with E-state index < -0.39 is 5.41 Å². The Labute approximate surface area is 127 Å². The van der Waals surface area contributed by atoms with Gasteiger partial charge >= 0.3 is 0 Å². The van der Waals surface area contributed by atoms with Crippen molar-refractivity contribution in [3.05, 3.63) is 35.6 Å². The van der Waals surface area contributed by atoms with E-state index in [1.807, 2.05) is 31.4 Å². The highest BCUT2D eigenvalue weighted by Crippen LogP contribution is 2.23. The van der Waals surface area contributed by atoms with Gasteiger partial charge in [0.1, 0.15) is 5.01 Å². The molecule has 20 heavy (non-hydrogen) atoms. The summed E-state index contributed by atoms with van der Waals surface area (Å²) in [5.41, 5.74) is 1.26. The third kappa shape index (κ3) is 3.55. The first-order valence-electron chi connectivity index (χ1n) is 6.22. The van der Waals surface area contributed by atoms with E-state index in [2.05, 4.69) is 15.3 Å². The van der Waals surface area contributed by atoms with Gasteiger partial charge in [-0.15, -0.1) is 22.9 Å². The van der Waals surface area contributed by atoms with Gasteiger partial charge < -0.3 is 5.32 Å². The van der Waals surface area contributed by atoms with Crippen molar-refractivity contribution in [3.8, 4) is 10.6 Å². The molecule has 0 saturated heterocycles. The van der Waals surface area contributed by atoms with E-state index in [-0.39, 0.29) is 11.8 Å². The molecule has 4 nitrogen and oxygen atoms in total. The van der Waals surface area contributed by atoms with Gasteiger partial charge in [-0.2, -0.15) is 0 Å². The van der Waals surface area contributed by atoms with E-state index in [9.17, 15) is 4.79 Å². The van der Waals surface area contributed by atoms with E-state index in [1.165, 1.54) is 11.3 Å². The van der Waals surface area contributed by atoms with Gasteiger partial charge in [0, 0.05) is 29.2 Å². The SMILES string of the molecule is CC(C)(CCl)C(=O)NCc1csc(-c2cccnc2)n1. The predicted molar refractivity (Wildman–Crippen MR) is 81.7 cm³/mol. The number of hydrogen-bond acceptors (Lipinski definition) is 4. The van der Waals surface area contributed by atoms with E-state index in [4.69, 9.17) is 11.6 Å². The van der Waals surface area contributed by atoms with E-state index in [0.717, 1.165) is 16.3 Å². The lowest BCUT2D eigenvalue weighted by Crippen LogP contribution is -2.37. The molecule has 1 N–H and O–H groups in total. The highest BCUT2D eigenvalue weighted by atomic mass is 35.5. The fourth-order valence-electron chi connectivity index (χ4n) is 1.48. The Morgan fingerprint density at radius 3 is 2.95 bits per heavy atom. The van der Waals surface area contributed by atoms with Crippen LogP contribution in [0.4, 0.5) is 0 Å². The van der Waals surface area contributed by atoms with Crippen LogP contribution >= 0.6 is 22.9 Å². The van der Waals surface area contributed by atoms with Crippen LogP contribution in [-0.2, 0) is 11.3 Å². The fraction of sp³-hybridized carbons (Fsp3) is 0.357. The second-order valence-electron chi connectivity index (χ2n) is 5.09. The second-order valence-corrected chi connectivity index (χ2v) is 6.21. The molecule has 0 aliphatic carbocycles. The van der Waals surface area contributed by atoms with Crippen LogP contribution in [0.1, 0.15) is 19.5 Å². The van der Waals surface area contributed by atoms with Crippen LogP contribution in [-0.4, -0.2) is 21.8 Å². The Hall–Kier alpha value is -1.46. The van der Waals surface area contributed by atoms with Crippen LogP contribution in [0.15, 0.2) is 29.9 Å². The number of hydrogen-bond donors (Lipinski definition) is 1. The summed E-state index contributed by atoms with van der Waals surface area (Å²) in [5.74, 6) is 0.222. The summed E-state index contributed by atoms with van der Waals surface area (Å²) < 4.78 is 0. The van der Waals surface area contributed by atoms with E-state index >= 15 is 0 Å². The minimum Gasteiger partial charge on any atom is -0.350 e. The lowest BCUT2D eigenvalue weighted by molar-refractivity contribution is -0.128. The zero-order chi connectivity index (χ0) is 14.6. The van der Waals surface area contributed by atoms with Gasteiger partial charge in [0.2, 0.25) is 5.91 Å². The zero-order valence-corrected chi connectivity index (χ0v) is 13.0. The molecule has 2 aromatic rings. The molecule has 0 fully saturated rings. The van der Waals surface area contributed by atoms with Crippen molar-refractivity contribution in [3.63, 3.8) is 0 Å². The average Bonchev–Trinajstić information content (AvgIpc) is 2.94. The number of carbonyl (C=O) groups excluding carboxylic acids is 1. The number of nitrogens with zero attached hydrogens (tertiary/aromatic N) is 2. The Kier molecular flexibility index (Phi) is 4.73. The minimum absolute atomic E-state index is 0.0663. The molecule has 2 rings (SSSR count). The number of amides is 1. The monoisotopic (exact) mass is 309 g/mol. The third-order valence-corrected chi connectivity index (χ3v) is 4.45. The number of rotatable bonds is 5. The molecule has 0 saturated carbocycles. The predicted octanol–water partition coefficient (Wildman–Crippen LogP) is 3.09. The molecular weight excluding hydrogens is 294 g/mol. The molecule has 0 aliphatic rings. The molecule has 0 bridgehead atoms. The van der Waals surface area contributed by atoms with Crippen molar-refractivity contribution in [1.29, 1.82) is 0 Å². The molecule has 0 aliphatic heterocycles. The number of carbonyl (C=O) groups is 1. The topological polar surface area (TPSA) is 54.9 Å². The Balaban J connectivity index is 1.99. The maximum atomic E-state index is 11.9. The number of halogens is 1. The summed E-state index contributed by atoms with van der Waals surface area (Å²) in [6.07, 6.45) is 3.50. The largest absolute Gasteiger partial charge is 0.350 e. The molecule has 6 heteroatoms. The molecule has 2 aromatic heterocycles. The van der Waals surface area contributed by atoms with Crippen LogP contribution in [0.5, 0.6) is 0 Å². The quantitative estimate of drug-likeness (QED) is 0.864. The summed E-state index contributed by atoms with van der Waals surface area (Å²) in [7, 11) is 0. The summed E-state index contributed by atoms with van der Waals surface area (Å²) >= 11 is 7.31. The number of aromatic nitrogens is 2. The summed E-state index contributed by atoms with van der Waals surface area (Å²) in [5, 5.41) is 5.70. The van der Waals surface area contributed by atoms with E-state index in [1.54, 1.807) is 12.4 Å². The molecule has 0 spiro atoms. The standard InChI is InChI=1S/C14H16ClN3OS/c1-14(2,9-15)13(19)17-7-11-8-20-12(18-11)10-4-3-5-16-6-10/h3-6,8H,7,9H2,1-2H3,(H,17,19). The molecule has 0 atom stereocenters. The number of alkyl halides is 1. The van der Waals surface area contributed by atoms with Crippen molar-refractivity contribution in [2.75, 3.05) is 5.88 Å². The van der Waals surface area contributed by atoms with Crippen molar-refractivity contribution < 1.29 is 4.79 Å². The zero-order valence-electron chi connectivity index (χ0n) is 11.4. The van der Waals surface area contributed by atoms with Gasteiger partial charge in [-0.25, -0.2) is 4.98 Å².